The average Bonchev–Trinajstić information content (AvgIpc) is 2.54. The van der Waals surface area contributed by atoms with Crippen LogP contribution in [0.4, 0.5) is 5.82 Å². The number of hydrogen-bond acceptors (Lipinski definition) is 6. The number of nitrogens with zero attached hydrogens (tertiary/aromatic N) is 2. The van der Waals surface area contributed by atoms with Crippen LogP contribution in [0.5, 0.6) is 5.75 Å². The van der Waals surface area contributed by atoms with Gasteiger partial charge in [0.25, 0.3) is 0 Å². The summed E-state index contributed by atoms with van der Waals surface area (Å²) in [6, 6.07) is 2.95. The number of esters is 1. The van der Waals surface area contributed by atoms with Crippen molar-refractivity contribution in [3.05, 3.63) is 28.4 Å². The largest absolute Gasteiger partial charge is 0.471 e. The van der Waals surface area contributed by atoms with Gasteiger partial charge in [-0.15, -0.1) is 0 Å². The zero-order valence-electron chi connectivity index (χ0n) is 15.2. The third-order valence-electron chi connectivity index (χ3n) is 4.79. The predicted octanol–water partition coefficient (Wildman–Crippen LogP) is 3.76. The van der Waals surface area contributed by atoms with Crippen molar-refractivity contribution < 1.29 is 19.2 Å². The molecule has 2 rings (SSSR count). The van der Waals surface area contributed by atoms with Crippen molar-refractivity contribution in [3.63, 3.8) is 0 Å². The maximum Gasteiger partial charge on any atom is 0.406 e. The average molecular weight is 350 g/mol. The van der Waals surface area contributed by atoms with Gasteiger partial charge in [0.1, 0.15) is 12.3 Å². The zero-order chi connectivity index (χ0) is 18.6. The van der Waals surface area contributed by atoms with Crippen molar-refractivity contribution in [1.29, 1.82) is 0 Å². The Hall–Kier alpha value is -2.18. The van der Waals surface area contributed by atoms with Crippen molar-refractivity contribution in [3.8, 4) is 5.75 Å². The summed E-state index contributed by atoms with van der Waals surface area (Å²) in [5.74, 6) is 0.343. The molecule has 1 heterocycles. The minimum absolute atomic E-state index is 0.0330. The van der Waals surface area contributed by atoms with Gasteiger partial charge in [0.15, 0.2) is 6.10 Å². The minimum Gasteiger partial charge on any atom is -0.471 e. The molecule has 0 amide bonds. The fourth-order valence-corrected chi connectivity index (χ4v) is 3.35. The molecule has 0 aliphatic heterocycles. The van der Waals surface area contributed by atoms with Gasteiger partial charge in [-0.05, 0) is 59.6 Å². The van der Waals surface area contributed by atoms with Gasteiger partial charge < -0.3 is 19.6 Å². The number of pyridine rings is 1. The van der Waals surface area contributed by atoms with E-state index in [0.717, 1.165) is 19.3 Å². The van der Waals surface area contributed by atoms with Crippen LogP contribution in [0.1, 0.15) is 47.0 Å². The van der Waals surface area contributed by atoms with Gasteiger partial charge in [-0.25, -0.2) is 4.79 Å². The van der Waals surface area contributed by atoms with Crippen LogP contribution in [0.3, 0.4) is 0 Å². The van der Waals surface area contributed by atoms with E-state index in [9.17, 15) is 14.9 Å². The van der Waals surface area contributed by atoms with Crippen LogP contribution in [0.2, 0.25) is 0 Å². The summed E-state index contributed by atoms with van der Waals surface area (Å²) < 4.78 is 11.2. The third-order valence-corrected chi connectivity index (χ3v) is 4.79. The van der Waals surface area contributed by atoms with Crippen LogP contribution in [0, 0.1) is 27.9 Å². The molecule has 7 heteroatoms. The summed E-state index contributed by atoms with van der Waals surface area (Å²) in [4.78, 5) is 26.5. The highest BCUT2D eigenvalue weighted by Crippen LogP contribution is 2.35. The van der Waals surface area contributed by atoms with Gasteiger partial charge in [-0.1, -0.05) is 27.2 Å². The van der Waals surface area contributed by atoms with E-state index in [4.69, 9.17) is 9.47 Å². The van der Waals surface area contributed by atoms with Crippen molar-refractivity contribution in [2.24, 2.45) is 17.8 Å². The fourth-order valence-electron chi connectivity index (χ4n) is 3.35. The van der Waals surface area contributed by atoms with Crippen LogP contribution in [0.15, 0.2) is 18.3 Å². The van der Waals surface area contributed by atoms with Crippen molar-refractivity contribution in [2.75, 3.05) is 0 Å². The SMILES string of the molecule is CC1CCC(C(C)C)C(OC(=O)C(C)Oc2cccnc2[N+](=O)[O-])C1. The van der Waals surface area contributed by atoms with Crippen molar-refractivity contribution >= 4 is 11.8 Å². The van der Waals surface area contributed by atoms with E-state index in [0.29, 0.717) is 17.8 Å². The number of aromatic nitrogens is 1. The molecule has 4 unspecified atom stereocenters. The van der Waals surface area contributed by atoms with Crippen LogP contribution >= 0.6 is 0 Å². The second-order valence-electron chi connectivity index (χ2n) is 7.14. The molecule has 1 fully saturated rings. The van der Waals surface area contributed by atoms with Gasteiger partial charge in [0.2, 0.25) is 5.75 Å². The molecule has 25 heavy (non-hydrogen) atoms. The standard InChI is InChI=1S/C18H26N2O5/c1-11(2)14-8-7-12(3)10-16(14)25-18(21)13(4)24-15-6-5-9-19-17(15)20(22)23/h5-6,9,11-14,16H,7-8,10H2,1-4H3. The lowest BCUT2D eigenvalue weighted by molar-refractivity contribution is -0.390. The van der Waals surface area contributed by atoms with E-state index >= 15 is 0 Å². The summed E-state index contributed by atoms with van der Waals surface area (Å²) >= 11 is 0. The summed E-state index contributed by atoms with van der Waals surface area (Å²) in [6.07, 6.45) is 3.27. The molecular formula is C18H26N2O5. The molecule has 1 aromatic heterocycles. The summed E-state index contributed by atoms with van der Waals surface area (Å²) in [5, 5.41) is 11.0. The Morgan fingerprint density at radius 3 is 2.72 bits per heavy atom. The predicted molar refractivity (Wildman–Crippen MR) is 92.2 cm³/mol. The van der Waals surface area contributed by atoms with Gasteiger partial charge in [-0.3, -0.25) is 0 Å². The molecule has 138 valence electrons. The van der Waals surface area contributed by atoms with Gasteiger partial charge >= 0.3 is 11.8 Å². The lowest BCUT2D eigenvalue weighted by Gasteiger charge is -2.37. The molecule has 0 N–H and O–H groups in total. The first-order chi connectivity index (χ1) is 11.8. The van der Waals surface area contributed by atoms with E-state index < -0.39 is 22.8 Å². The monoisotopic (exact) mass is 350 g/mol. The first-order valence-corrected chi connectivity index (χ1v) is 8.76. The molecule has 1 aliphatic rings. The smallest absolute Gasteiger partial charge is 0.406 e. The maximum absolute atomic E-state index is 12.4. The molecule has 1 saturated carbocycles. The highest BCUT2D eigenvalue weighted by molar-refractivity contribution is 5.75. The summed E-state index contributed by atoms with van der Waals surface area (Å²) in [7, 11) is 0. The number of hydrogen-bond donors (Lipinski definition) is 0. The van der Waals surface area contributed by atoms with Gasteiger partial charge in [-0.2, -0.15) is 0 Å². The highest BCUT2D eigenvalue weighted by Gasteiger charge is 2.35. The highest BCUT2D eigenvalue weighted by atomic mass is 16.6. The van der Waals surface area contributed by atoms with E-state index in [1.807, 2.05) is 0 Å². The first kappa shape index (κ1) is 19.1. The fraction of sp³-hybridized carbons (Fsp3) is 0.667. The van der Waals surface area contributed by atoms with Crippen LogP contribution in [0.25, 0.3) is 0 Å². The number of ether oxygens (including phenoxy) is 2. The van der Waals surface area contributed by atoms with Crippen LogP contribution in [-0.2, 0) is 9.53 Å². The molecule has 7 nitrogen and oxygen atoms in total. The number of rotatable bonds is 6. The second kappa shape index (κ2) is 8.27. The maximum atomic E-state index is 12.4. The molecule has 1 aromatic rings. The molecule has 0 bridgehead atoms. The Labute approximate surface area is 147 Å². The molecule has 4 atom stereocenters. The van der Waals surface area contributed by atoms with Crippen LogP contribution in [-0.4, -0.2) is 28.1 Å². The Bertz CT molecular complexity index is 619. The first-order valence-electron chi connectivity index (χ1n) is 8.76. The molecule has 0 saturated heterocycles. The Morgan fingerprint density at radius 2 is 2.08 bits per heavy atom. The normalized spacial score (nSPS) is 24.6. The van der Waals surface area contributed by atoms with Gasteiger partial charge in [0.05, 0.1) is 0 Å². The Kier molecular flexibility index (Phi) is 6.33. The van der Waals surface area contributed by atoms with E-state index in [-0.39, 0.29) is 11.9 Å². The molecule has 0 spiro atoms. The molecule has 0 radical (unpaired) electrons. The Morgan fingerprint density at radius 1 is 1.36 bits per heavy atom. The van der Waals surface area contributed by atoms with Gasteiger partial charge in [0, 0.05) is 0 Å². The van der Waals surface area contributed by atoms with E-state index in [2.05, 4.69) is 25.8 Å². The van der Waals surface area contributed by atoms with Crippen LogP contribution < -0.4 is 4.74 Å². The number of carbonyl (C=O) groups is 1. The summed E-state index contributed by atoms with van der Waals surface area (Å²) in [5.41, 5.74) is 0. The summed E-state index contributed by atoms with van der Waals surface area (Å²) in [6.45, 7) is 7.98. The van der Waals surface area contributed by atoms with E-state index in [1.165, 1.54) is 25.3 Å². The lowest BCUT2D eigenvalue weighted by atomic mass is 9.75. The van der Waals surface area contributed by atoms with E-state index in [1.54, 1.807) is 0 Å². The molecule has 0 aromatic carbocycles. The van der Waals surface area contributed by atoms with Crippen molar-refractivity contribution in [2.45, 2.75) is 59.2 Å². The van der Waals surface area contributed by atoms with Crippen molar-refractivity contribution in [1.82, 2.24) is 4.98 Å². The zero-order valence-corrected chi connectivity index (χ0v) is 15.2. The quantitative estimate of drug-likeness (QED) is 0.441. The number of nitro groups is 1. The molecular weight excluding hydrogens is 324 g/mol. The Balaban J connectivity index is 2.03. The minimum atomic E-state index is -0.937. The number of carbonyl (C=O) groups excluding carboxylic acids is 1. The third kappa shape index (κ3) is 4.90. The second-order valence-corrected chi connectivity index (χ2v) is 7.14. The lowest BCUT2D eigenvalue weighted by Crippen LogP contribution is -2.39. The molecule has 1 aliphatic carbocycles. The topological polar surface area (TPSA) is 91.6 Å².